The van der Waals surface area contributed by atoms with Crippen LogP contribution in [0.25, 0.3) is 0 Å². The molecule has 0 radical (unpaired) electrons. The van der Waals surface area contributed by atoms with Crippen LogP contribution in [0.1, 0.15) is 6.42 Å². The van der Waals surface area contributed by atoms with Crippen molar-refractivity contribution in [1.29, 1.82) is 0 Å². The lowest BCUT2D eigenvalue weighted by Gasteiger charge is -2.15. The third-order valence-corrected chi connectivity index (χ3v) is 2.21. The van der Waals surface area contributed by atoms with E-state index in [0.29, 0.717) is 5.92 Å². The fourth-order valence-electron chi connectivity index (χ4n) is 0.673. The molecule has 0 saturated carbocycles. The number of hydrogen-bond acceptors (Lipinski definition) is 3. The molecule has 0 spiro atoms. The lowest BCUT2D eigenvalue weighted by Crippen LogP contribution is -2.22. The van der Waals surface area contributed by atoms with E-state index < -0.39 is 0 Å². The summed E-state index contributed by atoms with van der Waals surface area (Å²) in [5.74, 6) is 1.25. The van der Waals surface area contributed by atoms with Gasteiger partial charge < -0.3 is 4.79 Å². The first-order valence-corrected chi connectivity index (χ1v) is 3.72. The molecule has 0 bridgehead atoms. The van der Waals surface area contributed by atoms with Gasteiger partial charge in [0.15, 0.2) is 0 Å². The van der Waals surface area contributed by atoms with E-state index in [-0.39, 0.29) is 0 Å². The van der Waals surface area contributed by atoms with Crippen molar-refractivity contribution in [2.24, 2.45) is 5.92 Å². The van der Waals surface area contributed by atoms with Gasteiger partial charge in [0, 0.05) is 18.2 Å². The molecular weight excluding hydrogens is 122 g/mol. The highest BCUT2D eigenvalue weighted by atomic mass is 32.2. The summed E-state index contributed by atoms with van der Waals surface area (Å²) in [6.45, 7) is 0.980. The second-order valence-corrected chi connectivity index (χ2v) is 2.80. The maximum atomic E-state index is 10.1. The first kappa shape index (κ1) is 6.11. The zero-order valence-corrected chi connectivity index (χ0v) is 5.41. The van der Waals surface area contributed by atoms with Crippen LogP contribution in [0, 0.1) is 5.92 Å². The first-order valence-electron chi connectivity index (χ1n) is 2.73. The van der Waals surface area contributed by atoms with Gasteiger partial charge in [0.25, 0.3) is 0 Å². The highest BCUT2D eigenvalue weighted by Crippen LogP contribution is 2.11. The Morgan fingerprint density at radius 2 is 2.62 bits per heavy atom. The summed E-state index contributed by atoms with van der Waals surface area (Å²) in [5.41, 5.74) is 0. The van der Waals surface area contributed by atoms with Gasteiger partial charge in [-0.2, -0.15) is 0 Å². The predicted octanol–water partition coefficient (Wildman–Crippen LogP) is 0.443. The topological polar surface area (TPSA) is 29.1 Å². The van der Waals surface area contributed by atoms with E-state index in [4.69, 9.17) is 0 Å². The van der Waals surface area contributed by atoms with E-state index in [1.165, 1.54) is 0 Å². The number of carbonyl (C=O) groups excluding carboxylic acids is 1. The molecule has 1 unspecified atom stereocenters. The summed E-state index contributed by atoms with van der Waals surface area (Å²) in [6.07, 6.45) is 2.06. The largest absolute Gasteiger partial charge is 0.303 e. The zero-order valence-electron chi connectivity index (χ0n) is 4.59. The van der Waals surface area contributed by atoms with Crippen LogP contribution in [-0.4, -0.2) is 18.6 Å². The van der Waals surface area contributed by atoms with E-state index >= 15 is 0 Å². The molecule has 0 aliphatic carbocycles. The summed E-state index contributed by atoms with van der Waals surface area (Å²) in [5, 5.41) is 0. The third-order valence-electron chi connectivity index (χ3n) is 1.21. The Balaban J connectivity index is 2.22. The number of rotatable bonds is 1. The second kappa shape index (κ2) is 3.10. The fraction of sp³-hybridized carbons (Fsp3) is 0.800. The molecule has 1 fully saturated rings. The van der Waals surface area contributed by atoms with E-state index in [1.807, 2.05) is 0 Å². The van der Waals surface area contributed by atoms with Crippen molar-refractivity contribution >= 4 is 18.2 Å². The van der Waals surface area contributed by atoms with Gasteiger partial charge in [-0.15, -0.1) is 0 Å². The quantitative estimate of drug-likeness (QED) is 0.413. The van der Waals surface area contributed by atoms with E-state index in [0.717, 1.165) is 25.0 Å². The molecule has 46 valence electrons. The SMILES string of the molecule is O=CC1CCNSC1. The number of aldehydes is 1. The first-order chi connectivity index (χ1) is 3.93. The molecule has 0 amide bonds. The van der Waals surface area contributed by atoms with Crippen LogP contribution in [0.2, 0.25) is 0 Å². The maximum absolute atomic E-state index is 10.1. The summed E-state index contributed by atoms with van der Waals surface area (Å²) in [7, 11) is 0. The smallest absolute Gasteiger partial charge is 0.123 e. The van der Waals surface area contributed by atoms with E-state index in [2.05, 4.69) is 4.72 Å². The molecule has 2 nitrogen and oxygen atoms in total. The van der Waals surface area contributed by atoms with Crippen molar-refractivity contribution in [3.05, 3.63) is 0 Å². The molecule has 0 aromatic heterocycles. The normalized spacial score (nSPS) is 29.8. The molecule has 1 heterocycles. The van der Waals surface area contributed by atoms with Gasteiger partial charge in [-0.05, 0) is 6.42 Å². The second-order valence-electron chi connectivity index (χ2n) is 1.89. The minimum Gasteiger partial charge on any atom is -0.303 e. The Hall–Kier alpha value is -0.0200. The Kier molecular flexibility index (Phi) is 2.36. The molecule has 1 rings (SSSR count). The van der Waals surface area contributed by atoms with Crippen LogP contribution in [-0.2, 0) is 4.79 Å². The van der Waals surface area contributed by atoms with Gasteiger partial charge >= 0.3 is 0 Å². The van der Waals surface area contributed by atoms with Crippen molar-refractivity contribution in [3.8, 4) is 0 Å². The Labute approximate surface area is 53.2 Å². The Morgan fingerprint density at radius 3 is 3.00 bits per heavy atom. The van der Waals surface area contributed by atoms with E-state index in [1.54, 1.807) is 11.9 Å². The molecule has 0 aromatic carbocycles. The van der Waals surface area contributed by atoms with Crippen molar-refractivity contribution in [2.75, 3.05) is 12.3 Å². The van der Waals surface area contributed by atoms with Crippen LogP contribution in [0.5, 0.6) is 0 Å². The summed E-state index contributed by atoms with van der Waals surface area (Å²) in [6, 6.07) is 0. The van der Waals surface area contributed by atoms with Crippen molar-refractivity contribution < 1.29 is 4.79 Å². The third kappa shape index (κ3) is 1.49. The lowest BCUT2D eigenvalue weighted by molar-refractivity contribution is -0.110. The molecule has 1 atom stereocenters. The van der Waals surface area contributed by atoms with Crippen LogP contribution < -0.4 is 4.72 Å². The maximum Gasteiger partial charge on any atom is 0.123 e. The van der Waals surface area contributed by atoms with Gasteiger partial charge in [0.05, 0.1) is 0 Å². The summed E-state index contributed by atoms with van der Waals surface area (Å²) >= 11 is 1.65. The minimum atomic E-state index is 0.307. The monoisotopic (exact) mass is 131 g/mol. The Morgan fingerprint density at radius 1 is 1.75 bits per heavy atom. The van der Waals surface area contributed by atoms with Crippen molar-refractivity contribution in [3.63, 3.8) is 0 Å². The highest BCUT2D eigenvalue weighted by molar-refractivity contribution is 7.97. The molecule has 1 N–H and O–H groups in total. The Bertz CT molecular complexity index is 80.5. The lowest BCUT2D eigenvalue weighted by atomic mass is 10.1. The molecule has 3 heteroatoms. The summed E-state index contributed by atoms with van der Waals surface area (Å²) in [4.78, 5) is 10.1. The zero-order chi connectivity index (χ0) is 5.82. The molecule has 8 heavy (non-hydrogen) atoms. The minimum absolute atomic E-state index is 0.307. The molecular formula is C5H9NOS. The predicted molar refractivity (Wildman–Crippen MR) is 34.6 cm³/mol. The standard InChI is InChI=1S/C5H9NOS/c7-3-5-1-2-6-8-4-5/h3,5-6H,1-2,4H2. The van der Waals surface area contributed by atoms with Crippen LogP contribution in [0.15, 0.2) is 0 Å². The van der Waals surface area contributed by atoms with E-state index in [9.17, 15) is 4.79 Å². The van der Waals surface area contributed by atoms with Gasteiger partial charge in [0.2, 0.25) is 0 Å². The van der Waals surface area contributed by atoms with Gasteiger partial charge in [-0.25, -0.2) is 0 Å². The summed E-state index contributed by atoms with van der Waals surface area (Å²) < 4.78 is 3.11. The number of hydrogen-bond donors (Lipinski definition) is 1. The number of nitrogens with one attached hydrogen (secondary N) is 1. The van der Waals surface area contributed by atoms with Crippen molar-refractivity contribution in [1.82, 2.24) is 4.72 Å². The highest BCUT2D eigenvalue weighted by Gasteiger charge is 2.10. The average Bonchev–Trinajstić information content (AvgIpc) is 1.90. The van der Waals surface area contributed by atoms with Crippen LogP contribution in [0.4, 0.5) is 0 Å². The van der Waals surface area contributed by atoms with Gasteiger partial charge in [0.1, 0.15) is 6.29 Å². The van der Waals surface area contributed by atoms with Crippen LogP contribution in [0.3, 0.4) is 0 Å². The van der Waals surface area contributed by atoms with Crippen molar-refractivity contribution in [2.45, 2.75) is 6.42 Å². The van der Waals surface area contributed by atoms with Crippen LogP contribution >= 0.6 is 11.9 Å². The number of carbonyl (C=O) groups is 1. The molecule has 1 aliphatic heterocycles. The fourth-order valence-corrected chi connectivity index (χ4v) is 1.51. The molecule has 1 aliphatic rings. The molecule has 0 aromatic rings. The molecule has 1 saturated heterocycles. The van der Waals surface area contributed by atoms with Gasteiger partial charge in [-0.1, -0.05) is 11.9 Å². The average molecular weight is 131 g/mol. The van der Waals surface area contributed by atoms with Gasteiger partial charge in [-0.3, -0.25) is 4.72 Å².